The highest BCUT2D eigenvalue weighted by Crippen LogP contribution is 2.28. The average molecular weight is 229 g/mol. The van der Waals surface area contributed by atoms with E-state index in [9.17, 15) is 4.79 Å². The minimum atomic E-state index is -0.215. The number of methoxy groups -OCH3 is 1. The Labute approximate surface area is 100 Å². The fraction of sp³-hybridized carbons (Fsp3) is 0.286. The Hall–Kier alpha value is -1.90. The molecule has 3 heteroatoms. The Kier molecular flexibility index (Phi) is 3.38. The number of hydrogen-bond donors (Lipinski definition) is 0. The predicted octanol–water partition coefficient (Wildman–Crippen LogP) is 2.90. The molecule has 0 saturated carbocycles. The van der Waals surface area contributed by atoms with Crippen molar-refractivity contribution < 1.29 is 9.53 Å². The standard InChI is InChI=1S/C14H15NO2/c1-3-11(14(16)17-2)12-6-4-5-10-7-8-15-9-13(10)12/h4-9,11H,3H2,1-2H3. The molecule has 1 aromatic heterocycles. The van der Waals surface area contributed by atoms with Gasteiger partial charge in [-0.25, -0.2) is 0 Å². The number of carbonyl (C=O) groups is 1. The first kappa shape index (κ1) is 11.6. The number of hydrogen-bond acceptors (Lipinski definition) is 3. The van der Waals surface area contributed by atoms with Crippen molar-refractivity contribution in [2.24, 2.45) is 0 Å². The van der Waals surface area contributed by atoms with E-state index in [0.717, 1.165) is 22.8 Å². The van der Waals surface area contributed by atoms with Crippen LogP contribution in [0.2, 0.25) is 0 Å². The van der Waals surface area contributed by atoms with E-state index in [2.05, 4.69) is 4.98 Å². The smallest absolute Gasteiger partial charge is 0.313 e. The molecule has 0 bridgehead atoms. The van der Waals surface area contributed by atoms with Gasteiger partial charge in [-0.3, -0.25) is 9.78 Å². The second-order valence-electron chi connectivity index (χ2n) is 3.93. The predicted molar refractivity (Wildman–Crippen MR) is 66.8 cm³/mol. The van der Waals surface area contributed by atoms with Crippen LogP contribution in [-0.4, -0.2) is 18.1 Å². The molecule has 1 heterocycles. The third-order valence-corrected chi connectivity index (χ3v) is 2.99. The monoisotopic (exact) mass is 229 g/mol. The zero-order chi connectivity index (χ0) is 12.3. The average Bonchev–Trinajstić information content (AvgIpc) is 2.39. The summed E-state index contributed by atoms with van der Waals surface area (Å²) in [4.78, 5) is 15.9. The summed E-state index contributed by atoms with van der Waals surface area (Å²) in [6.45, 7) is 1.98. The van der Waals surface area contributed by atoms with Crippen LogP contribution in [0.15, 0.2) is 36.7 Å². The maximum absolute atomic E-state index is 11.7. The minimum absolute atomic E-state index is 0.191. The number of rotatable bonds is 3. The van der Waals surface area contributed by atoms with Crippen LogP contribution in [0.5, 0.6) is 0 Å². The molecular weight excluding hydrogens is 214 g/mol. The number of carbonyl (C=O) groups excluding carboxylic acids is 1. The second kappa shape index (κ2) is 4.95. The number of nitrogens with zero attached hydrogens (tertiary/aromatic N) is 1. The Balaban J connectivity index is 2.57. The maximum Gasteiger partial charge on any atom is 0.313 e. The summed E-state index contributed by atoms with van der Waals surface area (Å²) >= 11 is 0. The van der Waals surface area contributed by atoms with Crippen molar-refractivity contribution >= 4 is 16.7 Å². The van der Waals surface area contributed by atoms with Crippen LogP contribution >= 0.6 is 0 Å². The Morgan fingerprint density at radius 2 is 2.24 bits per heavy atom. The number of benzene rings is 1. The van der Waals surface area contributed by atoms with Crippen LogP contribution in [0, 0.1) is 0 Å². The van der Waals surface area contributed by atoms with Gasteiger partial charge in [0.1, 0.15) is 0 Å². The van der Waals surface area contributed by atoms with Gasteiger partial charge in [0.05, 0.1) is 13.0 Å². The lowest BCUT2D eigenvalue weighted by atomic mass is 9.92. The van der Waals surface area contributed by atoms with Gasteiger partial charge in [0.15, 0.2) is 0 Å². The van der Waals surface area contributed by atoms with Crippen LogP contribution in [-0.2, 0) is 9.53 Å². The minimum Gasteiger partial charge on any atom is -0.469 e. The van der Waals surface area contributed by atoms with Crippen molar-refractivity contribution in [3.8, 4) is 0 Å². The molecule has 0 saturated heterocycles. The third-order valence-electron chi connectivity index (χ3n) is 2.99. The van der Waals surface area contributed by atoms with Gasteiger partial charge in [0.2, 0.25) is 0 Å². The van der Waals surface area contributed by atoms with Crippen LogP contribution in [0.4, 0.5) is 0 Å². The molecule has 0 fully saturated rings. The molecule has 2 aromatic rings. The molecular formula is C14H15NO2. The fourth-order valence-corrected chi connectivity index (χ4v) is 2.10. The van der Waals surface area contributed by atoms with Gasteiger partial charge >= 0.3 is 5.97 Å². The van der Waals surface area contributed by atoms with E-state index in [1.807, 2.05) is 31.2 Å². The number of pyridine rings is 1. The van der Waals surface area contributed by atoms with Crippen LogP contribution in [0.1, 0.15) is 24.8 Å². The lowest BCUT2D eigenvalue weighted by Crippen LogP contribution is -2.13. The summed E-state index contributed by atoms with van der Waals surface area (Å²) in [5.41, 5.74) is 0.991. The van der Waals surface area contributed by atoms with Crippen LogP contribution in [0.25, 0.3) is 10.8 Å². The van der Waals surface area contributed by atoms with E-state index in [1.54, 1.807) is 12.4 Å². The molecule has 0 aliphatic heterocycles. The van der Waals surface area contributed by atoms with Gasteiger partial charge in [-0.2, -0.15) is 0 Å². The topological polar surface area (TPSA) is 39.2 Å². The van der Waals surface area contributed by atoms with Crippen LogP contribution < -0.4 is 0 Å². The molecule has 0 radical (unpaired) electrons. The van der Waals surface area contributed by atoms with Gasteiger partial charge in [-0.05, 0) is 23.4 Å². The number of esters is 1. The van der Waals surface area contributed by atoms with E-state index in [-0.39, 0.29) is 11.9 Å². The lowest BCUT2D eigenvalue weighted by Gasteiger charge is -2.14. The van der Waals surface area contributed by atoms with E-state index in [4.69, 9.17) is 4.74 Å². The SMILES string of the molecule is CCC(C(=O)OC)c1cccc2ccncc12. The van der Waals surface area contributed by atoms with E-state index < -0.39 is 0 Å². The first-order valence-corrected chi connectivity index (χ1v) is 5.68. The summed E-state index contributed by atoms with van der Waals surface area (Å²) < 4.78 is 4.85. The number of ether oxygens (including phenoxy) is 1. The van der Waals surface area contributed by atoms with Gasteiger partial charge in [-0.1, -0.05) is 25.1 Å². The fourth-order valence-electron chi connectivity index (χ4n) is 2.10. The van der Waals surface area contributed by atoms with Crippen molar-refractivity contribution in [1.29, 1.82) is 0 Å². The molecule has 1 unspecified atom stereocenters. The van der Waals surface area contributed by atoms with Gasteiger partial charge in [0, 0.05) is 17.8 Å². The van der Waals surface area contributed by atoms with Crippen molar-refractivity contribution in [2.45, 2.75) is 19.3 Å². The zero-order valence-corrected chi connectivity index (χ0v) is 10.0. The molecule has 17 heavy (non-hydrogen) atoms. The van der Waals surface area contributed by atoms with E-state index >= 15 is 0 Å². The van der Waals surface area contributed by atoms with Gasteiger partial charge in [0.25, 0.3) is 0 Å². The first-order valence-electron chi connectivity index (χ1n) is 5.68. The molecule has 0 aliphatic rings. The van der Waals surface area contributed by atoms with E-state index in [0.29, 0.717) is 0 Å². The zero-order valence-electron chi connectivity index (χ0n) is 10.0. The van der Waals surface area contributed by atoms with Crippen molar-refractivity contribution in [3.05, 3.63) is 42.2 Å². The highest BCUT2D eigenvalue weighted by Gasteiger charge is 2.21. The summed E-state index contributed by atoms with van der Waals surface area (Å²) in [6.07, 6.45) is 4.28. The third kappa shape index (κ3) is 2.13. The maximum atomic E-state index is 11.7. The van der Waals surface area contributed by atoms with Gasteiger partial charge < -0.3 is 4.74 Å². The highest BCUT2D eigenvalue weighted by atomic mass is 16.5. The summed E-state index contributed by atoms with van der Waals surface area (Å²) in [7, 11) is 1.42. The molecule has 0 amide bonds. The normalized spacial score (nSPS) is 12.4. The quantitative estimate of drug-likeness (QED) is 0.760. The number of fused-ring (bicyclic) bond motifs is 1. The first-order chi connectivity index (χ1) is 8.27. The molecule has 1 aromatic carbocycles. The number of aromatic nitrogens is 1. The molecule has 0 spiro atoms. The second-order valence-corrected chi connectivity index (χ2v) is 3.93. The Bertz CT molecular complexity index is 531. The highest BCUT2D eigenvalue weighted by molar-refractivity contribution is 5.90. The Morgan fingerprint density at radius 3 is 2.94 bits per heavy atom. The summed E-state index contributed by atoms with van der Waals surface area (Å²) in [5.74, 6) is -0.406. The van der Waals surface area contributed by atoms with Crippen molar-refractivity contribution in [1.82, 2.24) is 4.98 Å². The van der Waals surface area contributed by atoms with Crippen LogP contribution in [0.3, 0.4) is 0 Å². The Morgan fingerprint density at radius 1 is 1.41 bits per heavy atom. The van der Waals surface area contributed by atoms with E-state index in [1.165, 1.54) is 7.11 Å². The molecule has 0 aliphatic carbocycles. The van der Waals surface area contributed by atoms with Crippen molar-refractivity contribution in [3.63, 3.8) is 0 Å². The molecule has 3 nitrogen and oxygen atoms in total. The molecule has 2 rings (SSSR count). The van der Waals surface area contributed by atoms with Crippen molar-refractivity contribution in [2.75, 3.05) is 7.11 Å². The van der Waals surface area contributed by atoms with Gasteiger partial charge in [-0.15, -0.1) is 0 Å². The largest absolute Gasteiger partial charge is 0.469 e. The molecule has 88 valence electrons. The lowest BCUT2D eigenvalue weighted by molar-refractivity contribution is -0.142. The summed E-state index contributed by atoms with van der Waals surface area (Å²) in [6, 6.07) is 7.89. The molecule has 1 atom stereocenters. The molecule has 0 N–H and O–H groups in total. The summed E-state index contributed by atoms with van der Waals surface area (Å²) in [5, 5.41) is 2.12.